The van der Waals surface area contributed by atoms with Gasteiger partial charge in [-0.2, -0.15) is 0 Å². The van der Waals surface area contributed by atoms with E-state index in [1.165, 1.54) is 25.0 Å². The highest BCUT2D eigenvalue weighted by atomic mass is 19.1. The Morgan fingerprint density at radius 3 is 2.63 bits per heavy atom. The van der Waals surface area contributed by atoms with E-state index in [4.69, 9.17) is 0 Å². The Bertz CT molecular complexity index is 414. The van der Waals surface area contributed by atoms with Crippen molar-refractivity contribution in [3.63, 3.8) is 0 Å². The lowest BCUT2D eigenvalue weighted by atomic mass is 10.2. The molecule has 0 aromatic heterocycles. The van der Waals surface area contributed by atoms with Gasteiger partial charge in [-0.25, -0.2) is 4.39 Å². The van der Waals surface area contributed by atoms with Crippen LogP contribution in [0.2, 0.25) is 0 Å². The Labute approximate surface area is 113 Å². The molecule has 1 aliphatic rings. The van der Waals surface area contributed by atoms with Crippen LogP contribution in [0, 0.1) is 5.82 Å². The Morgan fingerprint density at radius 1 is 1.21 bits per heavy atom. The Morgan fingerprint density at radius 2 is 1.95 bits per heavy atom. The molecule has 3 nitrogen and oxygen atoms in total. The molecule has 1 fully saturated rings. The maximum Gasteiger partial charge on any atom is 0.236 e. The summed E-state index contributed by atoms with van der Waals surface area (Å²) in [6.45, 7) is 2.61. The van der Waals surface area contributed by atoms with Crippen LogP contribution in [-0.4, -0.2) is 30.4 Å². The zero-order chi connectivity index (χ0) is 13.5. The van der Waals surface area contributed by atoms with Crippen LogP contribution in [0.25, 0.3) is 0 Å². The van der Waals surface area contributed by atoms with Crippen molar-refractivity contribution in [2.24, 2.45) is 0 Å². The first kappa shape index (κ1) is 14.0. The molecule has 1 heterocycles. The highest BCUT2D eigenvalue weighted by Gasteiger charge is 2.14. The van der Waals surface area contributed by atoms with E-state index in [-0.39, 0.29) is 11.7 Å². The Balaban J connectivity index is 1.74. The zero-order valence-corrected chi connectivity index (χ0v) is 11.2. The number of hydrogen-bond donors (Lipinski definition) is 1. The molecule has 1 saturated heterocycles. The van der Waals surface area contributed by atoms with E-state index in [1.54, 1.807) is 6.07 Å². The number of amides is 1. The fourth-order valence-corrected chi connectivity index (χ4v) is 2.39. The average molecular weight is 264 g/mol. The maximum atomic E-state index is 13.0. The van der Waals surface area contributed by atoms with Gasteiger partial charge in [0.1, 0.15) is 5.82 Å². The van der Waals surface area contributed by atoms with E-state index in [0.717, 1.165) is 31.5 Å². The molecular formula is C15H21FN2O. The molecule has 0 spiro atoms. The van der Waals surface area contributed by atoms with Gasteiger partial charge in [0.2, 0.25) is 5.91 Å². The van der Waals surface area contributed by atoms with Gasteiger partial charge in [0, 0.05) is 19.6 Å². The lowest BCUT2D eigenvalue weighted by Crippen LogP contribution is -2.38. The lowest BCUT2D eigenvalue weighted by Gasteiger charge is -2.20. The van der Waals surface area contributed by atoms with Crippen LogP contribution in [0.3, 0.4) is 0 Å². The third kappa shape index (κ3) is 4.63. The van der Waals surface area contributed by atoms with E-state index in [2.05, 4.69) is 5.32 Å². The lowest BCUT2D eigenvalue weighted by molar-refractivity contribution is -0.130. The number of nitrogens with one attached hydrogen (secondary N) is 1. The summed E-state index contributed by atoms with van der Waals surface area (Å²) in [5, 5.41) is 3.09. The minimum absolute atomic E-state index is 0.151. The summed E-state index contributed by atoms with van der Waals surface area (Å²) in [5.74, 6) is -0.0866. The van der Waals surface area contributed by atoms with Gasteiger partial charge in [0.05, 0.1) is 6.54 Å². The number of benzene rings is 1. The monoisotopic (exact) mass is 264 g/mol. The predicted molar refractivity (Wildman–Crippen MR) is 73.2 cm³/mol. The summed E-state index contributed by atoms with van der Waals surface area (Å²) in [7, 11) is 0. The van der Waals surface area contributed by atoms with E-state index in [0.29, 0.717) is 13.1 Å². The number of hydrogen-bond acceptors (Lipinski definition) is 2. The molecule has 1 aromatic rings. The molecular weight excluding hydrogens is 243 g/mol. The van der Waals surface area contributed by atoms with Crippen molar-refractivity contribution < 1.29 is 9.18 Å². The van der Waals surface area contributed by atoms with Gasteiger partial charge in [0.15, 0.2) is 0 Å². The van der Waals surface area contributed by atoms with Crippen LogP contribution in [0.1, 0.15) is 31.2 Å². The van der Waals surface area contributed by atoms with Crippen LogP contribution in [0.5, 0.6) is 0 Å². The molecule has 0 atom stereocenters. The quantitative estimate of drug-likeness (QED) is 0.905. The number of carbonyl (C=O) groups is 1. The SMILES string of the molecule is O=C(CNCc1cccc(F)c1)N1CCCCCC1. The molecule has 104 valence electrons. The van der Waals surface area contributed by atoms with Crippen molar-refractivity contribution >= 4 is 5.91 Å². The van der Waals surface area contributed by atoms with Gasteiger partial charge >= 0.3 is 0 Å². The molecule has 0 aliphatic carbocycles. The summed E-state index contributed by atoms with van der Waals surface area (Å²) >= 11 is 0. The second kappa shape index (κ2) is 7.24. The molecule has 0 radical (unpaired) electrons. The Kier molecular flexibility index (Phi) is 5.33. The third-order valence-corrected chi connectivity index (χ3v) is 3.45. The van der Waals surface area contributed by atoms with Crippen LogP contribution in [0.15, 0.2) is 24.3 Å². The summed E-state index contributed by atoms with van der Waals surface area (Å²) in [6.07, 6.45) is 4.66. The highest BCUT2D eigenvalue weighted by molar-refractivity contribution is 5.78. The van der Waals surface area contributed by atoms with Crippen molar-refractivity contribution in [1.82, 2.24) is 10.2 Å². The van der Waals surface area contributed by atoms with Crippen molar-refractivity contribution in [2.45, 2.75) is 32.2 Å². The van der Waals surface area contributed by atoms with Crippen molar-refractivity contribution in [3.8, 4) is 0 Å². The first-order chi connectivity index (χ1) is 9.25. The number of carbonyl (C=O) groups excluding carboxylic acids is 1. The maximum absolute atomic E-state index is 13.0. The molecule has 0 unspecified atom stereocenters. The smallest absolute Gasteiger partial charge is 0.236 e. The second-order valence-corrected chi connectivity index (χ2v) is 5.03. The Hall–Kier alpha value is -1.42. The van der Waals surface area contributed by atoms with Gasteiger partial charge in [-0.1, -0.05) is 25.0 Å². The molecule has 19 heavy (non-hydrogen) atoms. The van der Waals surface area contributed by atoms with Crippen LogP contribution < -0.4 is 5.32 Å². The molecule has 0 bridgehead atoms. The molecule has 1 aromatic carbocycles. The molecule has 2 rings (SSSR count). The second-order valence-electron chi connectivity index (χ2n) is 5.03. The van der Waals surface area contributed by atoms with Gasteiger partial charge in [-0.05, 0) is 30.5 Å². The van der Waals surface area contributed by atoms with E-state index in [9.17, 15) is 9.18 Å². The molecule has 1 N–H and O–H groups in total. The highest BCUT2D eigenvalue weighted by Crippen LogP contribution is 2.09. The molecule has 1 amide bonds. The van der Waals surface area contributed by atoms with Gasteiger partial charge < -0.3 is 10.2 Å². The number of likely N-dealkylation sites (tertiary alicyclic amines) is 1. The van der Waals surface area contributed by atoms with Crippen LogP contribution >= 0.6 is 0 Å². The molecule has 0 saturated carbocycles. The fourth-order valence-electron chi connectivity index (χ4n) is 2.39. The first-order valence-electron chi connectivity index (χ1n) is 6.98. The van der Waals surface area contributed by atoms with Crippen molar-refractivity contribution in [1.29, 1.82) is 0 Å². The summed E-state index contributed by atoms with van der Waals surface area (Å²) in [6, 6.07) is 6.45. The minimum atomic E-state index is -0.238. The summed E-state index contributed by atoms with van der Waals surface area (Å²) in [4.78, 5) is 13.9. The molecule has 4 heteroatoms. The minimum Gasteiger partial charge on any atom is -0.342 e. The number of nitrogens with zero attached hydrogens (tertiary/aromatic N) is 1. The first-order valence-corrected chi connectivity index (χ1v) is 6.98. The standard InChI is InChI=1S/C15H21FN2O/c16-14-7-5-6-13(10-14)11-17-12-15(19)18-8-3-1-2-4-9-18/h5-7,10,17H,1-4,8-9,11-12H2. The van der Waals surface area contributed by atoms with Crippen molar-refractivity contribution in [3.05, 3.63) is 35.6 Å². The van der Waals surface area contributed by atoms with Crippen LogP contribution in [-0.2, 0) is 11.3 Å². The van der Waals surface area contributed by atoms with Gasteiger partial charge in [0.25, 0.3) is 0 Å². The van der Waals surface area contributed by atoms with Gasteiger partial charge in [-0.3, -0.25) is 4.79 Å². The summed E-state index contributed by atoms with van der Waals surface area (Å²) in [5.41, 5.74) is 0.865. The third-order valence-electron chi connectivity index (χ3n) is 3.45. The number of halogens is 1. The number of rotatable bonds is 4. The van der Waals surface area contributed by atoms with E-state index in [1.807, 2.05) is 11.0 Å². The van der Waals surface area contributed by atoms with Gasteiger partial charge in [-0.15, -0.1) is 0 Å². The van der Waals surface area contributed by atoms with E-state index >= 15 is 0 Å². The van der Waals surface area contributed by atoms with Crippen molar-refractivity contribution in [2.75, 3.05) is 19.6 Å². The van der Waals surface area contributed by atoms with E-state index < -0.39 is 0 Å². The average Bonchev–Trinajstić information content (AvgIpc) is 2.67. The normalized spacial score (nSPS) is 16.2. The fraction of sp³-hybridized carbons (Fsp3) is 0.533. The summed E-state index contributed by atoms with van der Waals surface area (Å²) < 4.78 is 13.0. The topological polar surface area (TPSA) is 32.3 Å². The van der Waals surface area contributed by atoms with Crippen LogP contribution in [0.4, 0.5) is 4.39 Å². The largest absolute Gasteiger partial charge is 0.342 e. The zero-order valence-electron chi connectivity index (χ0n) is 11.2. The predicted octanol–water partition coefficient (Wildman–Crippen LogP) is 2.32. The molecule has 1 aliphatic heterocycles.